The molecule has 0 aromatic rings. The van der Waals surface area contributed by atoms with Gasteiger partial charge in [0.15, 0.2) is 0 Å². The van der Waals surface area contributed by atoms with Crippen LogP contribution in [0.25, 0.3) is 4.85 Å². The van der Waals surface area contributed by atoms with E-state index in [2.05, 4.69) is 4.85 Å². The molecule has 0 saturated carbocycles. The van der Waals surface area contributed by atoms with Crippen molar-refractivity contribution in [3.8, 4) is 0 Å². The number of ether oxygens (including phenoxy) is 2. The molecule has 0 aromatic heterocycles. The lowest BCUT2D eigenvalue weighted by Crippen LogP contribution is -2.50. The van der Waals surface area contributed by atoms with Crippen LogP contribution >= 0.6 is 0 Å². The zero-order chi connectivity index (χ0) is 13.1. The van der Waals surface area contributed by atoms with Crippen LogP contribution in [0.4, 0.5) is 4.79 Å². The Bertz CT molecular complexity index is 317. The Kier molecular flexibility index (Phi) is 4.35. The van der Waals surface area contributed by atoms with Crippen molar-refractivity contribution in [2.24, 2.45) is 0 Å². The molecule has 0 aliphatic carbocycles. The zero-order valence-corrected chi connectivity index (χ0v) is 10.9. The predicted octanol–water partition coefficient (Wildman–Crippen LogP) is 1.93. The lowest BCUT2D eigenvalue weighted by atomic mass is 10.1. The molecular formula is C12H20N2O3. The quantitative estimate of drug-likeness (QED) is 0.658. The van der Waals surface area contributed by atoms with Crippen molar-refractivity contribution in [1.82, 2.24) is 4.90 Å². The third-order valence-electron chi connectivity index (χ3n) is 2.49. The Hall–Kier alpha value is -1.28. The summed E-state index contributed by atoms with van der Waals surface area (Å²) in [7, 11) is 0. The highest BCUT2D eigenvalue weighted by Crippen LogP contribution is 2.15. The van der Waals surface area contributed by atoms with Gasteiger partial charge in [-0.05, 0) is 20.8 Å². The van der Waals surface area contributed by atoms with E-state index < -0.39 is 5.60 Å². The van der Waals surface area contributed by atoms with Crippen LogP contribution in [0.15, 0.2) is 0 Å². The first-order valence-electron chi connectivity index (χ1n) is 5.79. The monoisotopic (exact) mass is 240 g/mol. The Morgan fingerprint density at radius 3 is 2.76 bits per heavy atom. The van der Waals surface area contributed by atoms with Crippen molar-refractivity contribution < 1.29 is 14.3 Å². The van der Waals surface area contributed by atoms with E-state index in [4.69, 9.17) is 16.0 Å². The lowest BCUT2D eigenvalue weighted by Gasteiger charge is -2.33. The maximum absolute atomic E-state index is 11.8. The fraction of sp³-hybridized carbons (Fsp3) is 0.833. The topological polar surface area (TPSA) is 43.1 Å². The molecule has 0 N–H and O–H groups in total. The van der Waals surface area contributed by atoms with Gasteiger partial charge in [-0.1, -0.05) is 0 Å². The van der Waals surface area contributed by atoms with E-state index >= 15 is 0 Å². The minimum atomic E-state index is -0.490. The average molecular weight is 240 g/mol. The first-order chi connectivity index (χ1) is 7.83. The molecule has 5 heteroatoms. The molecule has 1 rings (SSSR count). The SMILES string of the molecule is [C-]#[N+]C(C)C1CN(C(=O)OC(C)(C)C)CCO1. The molecule has 2 unspecified atom stereocenters. The lowest BCUT2D eigenvalue weighted by molar-refractivity contribution is -0.0446. The predicted molar refractivity (Wildman–Crippen MR) is 63.6 cm³/mol. The highest BCUT2D eigenvalue weighted by atomic mass is 16.6. The number of carbonyl (C=O) groups is 1. The van der Waals surface area contributed by atoms with E-state index in [0.717, 1.165) is 0 Å². The highest BCUT2D eigenvalue weighted by Gasteiger charge is 2.33. The summed E-state index contributed by atoms with van der Waals surface area (Å²) in [5.74, 6) is 0. The largest absolute Gasteiger partial charge is 0.444 e. The van der Waals surface area contributed by atoms with Gasteiger partial charge >= 0.3 is 6.09 Å². The Morgan fingerprint density at radius 1 is 1.59 bits per heavy atom. The van der Waals surface area contributed by atoms with E-state index in [9.17, 15) is 4.79 Å². The fourth-order valence-electron chi connectivity index (χ4n) is 1.54. The molecule has 2 atom stereocenters. The number of rotatable bonds is 1. The second kappa shape index (κ2) is 5.37. The molecule has 1 heterocycles. The van der Waals surface area contributed by atoms with E-state index in [1.54, 1.807) is 11.8 Å². The summed E-state index contributed by atoms with van der Waals surface area (Å²) in [6.07, 6.45) is -0.545. The second-order valence-electron chi connectivity index (χ2n) is 5.21. The smallest absolute Gasteiger partial charge is 0.410 e. The first-order valence-corrected chi connectivity index (χ1v) is 5.79. The number of nitrogens with zero attached hydrogens (tertiary/aromatic N) is 2. The van der Waals surface area contributed by atoms with Crippen molar-refractivity contribution in [3.05, 3.63) is 11.4 Å². The third-order valence-corrected chi connectivity index (χ3v) is 2.49. The number of amides is 1. The molecule has 1 aliphatic rings. The van der Waals surface area contributed by atoms with Gasteiger partial charge in [0.25, 0.3) is 0 Å². The van der Waals surface area contributed by atoms with Crippen molar-refractivity contribution in [3.63, 3.8) is 0 Å². The maximum Gasteiger partial charge on any atom is 0.410 e. The summed E-state index contributed by atoms with van der Waals surface area (Å²) in [4.78, 5) is 16.9. The van der Waals surface area contributed by atoms with E-state index in [1.807, 2.05) is 20.8 Å². The maximum atomic E-state index is 11.8. The summed E-state index contributed by atoms with van der Waals surface area (Å²) < 4.78 is 10.8. The highest BCUT2D eigenvalue weighted by molar-refractivity contribution is 5.68. The van der Waals surface area contributed by atoms with Gasteiger partial charge in [0.1, 0.15) is 11.7 Å². The van der Waals surface area contributed by atoms with Gasteiger partial charge in [-0.15, -0.1) is 0 Å². The average Bonchev–Trinajstić information content (AvgIpc) is 2.26. The van der Waals surface area contributed by atoms with Crippen LogP contribution in [0.5, 0.6) is 0 Å². The van der Waals surface area contributed by atoms with Crippen LogP contribution in [-0.2, 0) is 9.47 Å². The van der Waals surface area contributed by atoms with Crippen LogP contribution in [-0.4, -0.2) is 48.4 Å². The molecule has 1 aliphatic heterocycles. The summed E-state index contributed by atoms with van der Waals surface area (Å²) in [6.45, 7) is 15.7. The van der Waals surface area contributed by atoms with Crippen LogP contribution in [0, 0.1) is 6.57 Å². The molecule has 0 spiro atoms. The van der Waals surface area contributed by atoms with Gasteiger partial charge < -0.3 is 19.2 Å². The van der Waals surface area contributed by atoms with Crippen molar-refractivity contribution >= 4 is 6.09 Å². The number of hydrogen-bond donors (Lipinski definition) is 0. The van der Waals surface area contributed by atoms with Crippen LogP contribution < -0.4 is 0 Å². The van der Waals surface area contributed by atoms with Gasteiger partial charge in [-0.3, -0.25) is 0 Å². The van der Waals surface area contributed by atoms with Gasteiger partial charge in [0.05, 0.1) is 13.2 Å². The van der Waals surface area contributed by atoms with E-state index in [-0.39, 0.29) is 18.2 Å². The molecule has 17 heavy (non-hydrogen) atoms. The molecule has 0 bridgehead atoms. The fourth-order valence-corrected chi connectivity index (χ4v) is 1.54. The van der Waals surface area contributed by atoms with Gasteiger partial charge in [0, 0.05) is 13.5 Å². The molecular weight excluding hydrogens is 220 g/mol. The van der Waals surface area contributed by atoms with Crippen molar-refractivity contribution in [2.75, 3.05) is 19.7 Å². The molecule has 0 aromatic carbocycles. The number of hydrogen-bond acceptors (Lipinski definition) is 3. The number of carbonyl (C=O) groups excluding carboxylic acids is 1. The van der Waals surface area contributed by atoms with Gasteiger partial charge in [-0.25, -0.2) is 11.4 Å². The minimum Gasteiger partial charge on any atom is -0.444 e. The second-order valence-corrected chi connectivity index (χ2v) is 5.21. The molecule has 1 saturated heterocycles. The summed E-state index contributed by atoms with van der Waals surface area (Å²) in [5.41, 5.74) is -0.490. The van der Waals surface area contributed by atoms with E-state index in [1.165, 1.54) is 0 Å². The molecule has 5 nitrogen and oxygen atoms in total. The van der Waals surface area contributed by atoms with Gasteiger partial charge in [0.2, 0.25) is 6.04 Å². The molecule has 96 valence electrons. The van der Waals surface area contributed by atoms with Gasteiger partial charge in [-0.2, -0.15) is 0 Å². The zero-order valence-electron chi connectivity index (χ0n) is 10.9. The standard InChI is InChI=1S/C12H20N2O3/c1-9(13-5)10-8-14(6-7-16-10)11(15)17-12(2,3)4/h9-10H,6-8H2,1-4H3. The normalized spacial score (nSPS) is 22.8. The Labute approximate surface area is 102 Å². The molecule has 1 amide bonds. The van der Waals surface area contributed by atoms with E-state index in [0.29, 0.717) is 19.7 Å². The number of morpholine rings is 1. The van der Waals surface area contributed by atoms with Crippen molar-refractivity contribution in [2.45, 2.75) is 45.4 Å². The Morgan fingerprint density at radius 2 is 2.24 bits per heavy atom. The summed E-state index contributed by atoms with van der Waals surface area (Å²) in [6, 6.07) is -0.236. The van der Waals surface area contributed by atoms with Crippen LogP contribution in [0.1, 0.15) is 27.7 Å². The summed E-state index contributed by atoms with van der Waals surface area (Å²) in [5, 5.41) is 0. The first kappa shape index (κ1) is 13.8. The minimum absolute atomic E-state index is 0.214. The Balaban J connectivity index is 2.55. The molecule has 0 radical (unpaired) electrons. The van der Waals surface area contributed by atoms with Crippen LogP contribution in [0.2, 0.25) is 0 Å². The van der Waals surface area contributed by atoms with Crippen LogP contribution in [0.3, 0.4) is 0 Å². The third kappa shape index (κ3) is 4.23. The summed E-state index contributed by atoms with van der Waals surface area (Å²) >= 11 is 0. The molecule has 1 fully saturated rings. The van der Waals surface area contributed by atoms with Crippen molar-refractivity contribution in [1.29, 1.82) is 0 Å².